The number of piperidine rings is 1. The van der Waals surface area contributed by atoms with Crippen molar-refractivity contribution in [3.05, 3.63) is 48.3 Å². The van der Waals surface area contributed by atoms with E-state index in [0.717, 1.165) is 37.7 Å². The molecule has 0 aliphatic carbocycles. The highest BCUT2D eigenvalue weighted by Gasteiger charge is 2.19. The molecule has 1 aromatic heterocycles. The molecule has 2 heterocycles. The van der Waals surface area contributed by atoms with Gasteiger partial charge in [-0.1, -0.05) is 12.1 Å². The number of rotatable bonds is 7. The van der Waals surface area contributed by atoms with E-state index in [-0.39, 0.29) is 5.75 Å². The molecule has 0 unspecified atom stereocenters. The van der Waals surface area contributed by atoms with Gasteiger partial charge in [0.05, 0.1) is 0 Å². The molecule has 2 aromatic rings. The van der Waals surface area contributed by atoms with Crippen LogP contribution in [0.25, 0.3) is 0 Å². The Balaban J connectivity index is 1.40. The summed E-state index contributed by atoms with van der Waals surface area (Å²) in [5.41, 5.74) is 1.13. The number of nitrogens with zero attached hydrogens (tertiary/aromatic N) is 3. The summed E-state index contributed by atoms with van der Waals surface area (Å²) in [7, 11) is 0. The molecule has 0 amide bonds. The Hall–Kier alpha value is -1.95. The lowest BCUT2D eigenvalue weighted by Gasteiger charge is -2.32. The average molecular weight is 335 g/mol. The first kappa shape index (κ1) is 16.9. The smallest absolute Gasteiger partial charge is 0.387 e. The number of benzene rings is 1. The Bertz CT molecular complexity index is 593. The summed E-state index contributed by atoms with van der Waals surface area (Å²) >= 11 is 0. The van der Waals surface area contributed by atoms with Gasteiger partial charge in [0.15, 0.2) is 0 Å². The molecule has 0 N–H and O–H groups in total. The van der Waals surface area contributed by atoms with Gasteiger partial charge in [-0.15, -0.1) is 0 Å². The average Bonchev–Trinajstić information content (AvgIpc) is 3.09. The first-order valence-electron chi connectivity index (χ1n) is 8.42. The summed E-state index contributed by atoms with van der Waals surface area (Å²) in [5.74, 6) is 0.971. The van der Waals surface area contributed by atoms with Crippen LogP contribution in [0.2, 0.25) is 0 Å². The van der Waals surface area contributed by atoms with Crippen LogP contribution in [-0.4, -0.2) is 34.4 Å². The molecule has 1 aliphatic heterocycles. The zero-order valence-electron chi connectivity index (χ0n) is 13.7. The predicted octanol–water partition coefficient (Wildman–Crippen LogP) is 3.79. The van der Waals surface area contributed by atoms with E-state index in [1.54, 1.807) is 12.1 Å². The van der Waals surface area contributed by atoms with Crippen LogP contribution < -0.4 is 4.74 Å². The highest BCUT2D eigenvalue weighted by molar-refractivity contribution is 5.27. The number of hydrogen-bond donors (Lipinski definition) is 0. The van der Waals surface area contributed by atoms with Crippen molar-refractivity contribution in [3.8, 4) is 5.75 Å². The van der Waals surface area contributed by atoms with Crippen molar-refractivity contribution in [2.45, 2.75) is 39.0 Å². The number of halogens is 2. The number of hydrogen-bond acceptors (Lipinski definition) is 3. The maximum Gasteiger partial charge on any atom is 0.387 e. The fourth-order valence-corrected chi connectivity index (χ4v) is 3.22. The molecular formula is C18H23F2N3O. The third-order valence-electron chi connectivity index (χ3n) is 4.59. The standard InChI is InChI=1S/C18H23F2N3O/c19-18(20)24-17-4-2-16(3-5-17)14-22-11-6-15(7-12-22)8-13-23-10-1-9-21-23/h1-5,9-10,15,18H,6-8,11-14H2. The van der Waals surface area contributed by atoms with Crippen LogP contribution in [0.3, 0.4) is 0 Å². The summed E-state index contributed by atoms with van der Waals surface area (Å²) in [6.07, 6.45) is 7.41. The van der Waals surface area contributed by atoms with Crippen molar-refractivity contribution < 1.29 is 13.5 Å². The van der Waals surface area contributed by atoms with E-state index in [1.165, 1.54) is 19.3 Å². The Labute approximate surface area is 141 Å². The lowest BCUT2D eigenvalue weighted by Crippen LogP contribution is -2.33. The van der Waals surface area contributed by atoms with Crippen molar-refractivity contribution in [1.29, 1.82) is 0 Å². The minimum Gasteiger partial charge on any atom is -0.435 e. The van der Waals surface area contributed by atoms with E-state index < -0.39 is 6.61 Å². The van der Waals surface area contributed by atoms with Crippen LogP contribution >= 0.6 is 0 Å². The predicted molar refractivity (Wildman–Crippen MR) is 87.9 cm³/mol. The summed E-state index contributed by atoms with van der Waals surface area (Å²) in [4.78, 5) is 2.42. The number of likely N-dealkylation sites (tertiary alicyclic amines) is 1. The minimum absolute atomic E-state index is 0.214. The quantitative estimate of drug-likeness (QED) is 0.771. The number of aryl methyl sites for hydroxylation is 1. The molecule has 1 aromatic carbocycles. The third-order valence-corrected chi connectivity index (χ3v) is 4.59. The SMILES string of the molecule is FC(F)Oc1ccc(CN2CCC(CCn3cccn3)CC2)cc1. The monoisotopic (exact) mass is 335 g/mol. The fourth-order valence-electron chi connectivity index (χ4n) is 3.22. The normalized spacial score (nSPS) is 16.6. The van der Waals surface area contributed by atoms with Gasteiger partial charge in [0.25, 0.3) is 0 Å². The molecule has 24 heavy (non-hydrogen) atoms. The Morgan fingerprint density at radius 2 is 1.92 bits per heavy atom. The molecule has 0 saturated carbocycles. The minimum atomic E-state index is -2.77. The number of alkyl halides is 2. The van der Waals surface area contributed by atoms with Crippen molar-refractivity contribution in [2.24, 2.45) is 5.92 Å². The second-order valence-electron chi connectivity index (χ2n) is 6.30. The fraction of sp³-hybridized carbons (Fsp3) is 0.500. The van der Waals surface area contributed by atoms with Crippen LogP contribution in [0.4, 0.5) is 8.78 Å². The number of ether oxygens (including phenoxy) is 1. The van der Waals surface area contributed by atoms with Crippen LogP contribution in [0.1, 0.15) is 24.8 Å². The zero-order valence-corrected chi connectivity index (χ0v) is 13.7. The van der Waals surface area contributed by atoms with Crippen LogP contribution in [0, 0.1) is 5.92 Å². The van der Waals surface area contributed by atoms with E-state index in [1.807, 2.05) is 35.3 Å². The highest BCUT2D eigenvalue weighted by atomic mass is 19.3. The molecular weight excluding hydrogens is 312 g/mol. The molecule has 4 nitrogen and oxygen atoms in total. The van der Waals surface area contributed by atoms with Crippen molar-refractivity contribution >= 4 is 0 Å². The van der Waals surface area contributed by atoms with Gasteiger partial charge in [0, 0.05) is 25.5 Å². The van der Waals surface area contributed by atoms with Gasteiger partial charge in [-0.2, -0.15) is 13.9 Å². The largest absolute Gasteiger partial charge is 0.435 e. The molecule has 130 valence electrons. The molecule has 3 rings (SSSR count). The van der Waals surface area contributed by atoms with Gasteiger partial charge in [-0.25, -0.2) is 0 Å². The van der Waals surface area contributed by atoms with E-state index in [2.05, 4.69) is 14.7 Å². The Morgan fingerprint density at radius 1 is 1.17 bits per heavy atom. The Morgan fingerprint density at radius 3 is 2.54 bits per heavy atom. The van der Waals surface area contributed by atoms with E-state index >= 15 is 0 Å². The zero-order chi connectivity index (χ0) is 16.8. The maximum absolute atomic E-state index is 12.1. The molecule has 1 fully saturated rings. The summed E-state index contributed by atoms with van der Waals surface area (Å²) < 4.78 is 30.7. The van der Waals surface area contributed by atoms with Crippen LogP contribution in [0.5, 0.6) is 5.75 Å². The summed E-state index contributed by atoms with van der Waals surface area (Å²) in [6.45, 7) is 1.25. The van der Waals surface area contributed by atoms with Crippen molar-refractivity contribution in [3.63, 3.8) is 0 Å². The van der Waals surface area contributed by atoms with Crippen molar-refractivity contribution in [2.75, 3.05) is 13.1 Å². The van der Waals surface area contributed by atoms with Gasteiger partial charge in [-0.3, -0.25) is 9.58 Å². The maximum atomic E-state index is 12.1. The van der Waals surface area contributed by atoms with Gasteiger partial charge in [0.1, 0.15) is 5.75 Å². The molecule has 0 bridgehead atoms. The summed E-state index contributed by atoms with van der Waals surface area (Å²) in [5, 5.41) is 4.25. The molecule has 0 atom stereocenters. The number of aromatic nitrogens is 2. The molecule has 0 spiro atoms. The molecule has 1 aliphatic rings. The van der Waals surface area contributed by atoms with Gasteiger partial charge < -0.3 is 4.74 Å². The highest BCUT2D eigenvalue weighted by Crippen LogP contribution is 2.23. The van der Waals surface area contributed by atoms with E-state index in [9.17, 15) is 8.78 Å². The third kappa shape index (κ3) is 5.03. The summed E-state index contributed by atoms with van der Waals surface area (Å²) in [6, 6.07) is 8.90. The first-order chi connectivity index (χ1) is 11.7. The molecule has 0 radical (unpaired) electrons. The second-order valence-corrected chi connectivity index (χ2v) is 6.30. The van der Waals surface area contributed by atoms with Crippen LogP contribution in [-0.2, 0) is 13.1 Å². The van der Waals surface area contributed by atoms with Gasteiger partial charge in [-0.05, 0) is 62.0 Å². The van der Waals surface area contributed by atoms with Crippen LogP contribution in [0.15, 0.2) is 42.7 Å². The van der Waals surface area contributed by atoms with Gasteiger partial charge in [0.2, 0.25) is 0 Å². The van der Waals surface area contributed by atoms with Gasteiger partial charge >= 0.3 is 6.61 Å². The lowest BCUT2D eigenvalue weighted by atomic mass is 9.93. The van der Waals surface area contributed by atoms with Crippen molar-refractivity contribution in [1.82, 2.24) is 14.7 Å². The second kappa shape index (κ2) is 8.24. The topological polar surface area (TPSA) is 30.3 Å². The molecule has 1 saturated heterocycles. The first-order valence-corrected chi connectivity index (χ1v) is 8.42. The van der Waals surface area contributed by atoms with E-state index in [0.29, 0.717) is 0 Å². The van der Waals surface area contributed by atoms with E-state index in [4.69, 9.17) is 0 Å². The lowest BCUT2D eigenvalue weighted by molar-refractivity contribution is -0.0498. The molecule has 6 heteroatoms. The Kier molecular flexibility index (Phi) is 5.80.